The average Bonchev–Trinajstić information content (AvgIpc) is 2.73. The largest absolute Gasteiger partial charge is 0.497 e. The first-order valence-electron chi connectivity index (χ1n) is 9.20. The molecule has 3 rings (SSSR count). The molecule has 2 aromatic rings. The molecule has 7 heteroatoms. The predicted octanol–water partition coefficient (Wildman–Crippen LogP) is 2.56. The summed E-state index contributed by atoms with van der Waals surface area (Å²) >= 11 is 0. The van der Waals surface area contributed by atoms with Gasteiger partial charge in [0, 0.05) is 25.2 Å². The molecule has 2 N–H and O–H groups in total. The van der Waals surface area contributed by atoms with Gasteiger partial charge in [-0.25, -0.2) is 0 Å². The van der Waals surface area contributed by atoms with Crippen molar-refractivity contribution in [1.29, 1.82) is 0 Å². The number of benzene rings is 2. The Kier molecular flexibility index (Phi) is 9.07. The van der Waals surface area contributed by atoms with Gasteiger partial charge in [-0.1, -0.05) is 36.4 Å². The van der Waals surface area contributed by atoms with E-state index in [0.29, 0.717) is 13.0 Å². The van der Waals surface area contributed by atoms with Crippen molar-refractivity contribution < 1.29 is 19.0 Å². The van der Waals surface area contributed by atoms with E-state index < -0.39 is 0 Å². The van der Waals surface area contributed by atoms with Crippen molar-refractivity contribution in [3.8, 4) is 11.5 Å². The van der Waals surface area contributed by atoms with E-state index in [4.69, 9.17) is 14.2 Å². The average molecular weight is 407 g/mol. The molecule has 0 amide bonds. The molecular formula is C21H27ClN2O4. The van der Waals surface area contributed by atoms with Crippen LogP contribution in [0.5, 0.6) is 11.5 Å². The maximum Gasteiger partial charge on any atom is 0.325 e. The van der Waals surface area contributed by atoms with Crippen molar-refractivity contribution in [3.05, 3.63) is 60.2 Å². The maximum atomic E-state index is 12.5. The van der Waals surface area contributed by atoms with Gasteiger partial charge in [0.2, 0.25) is 0 Å². The van der Waals surface area contributed by atoms with Gasteiger partial charge in [-0.15, -0.1) is 12.4 Å². The number of rotatable bonds is 8. The lowest BCUT2D eigenvalue weighted by Crippen LogP contribution is -2.60. The molecule has 1 aliphatic rings. The van der Waals surface area contributed by atoms with E-state index in [9.17, 15) is 4.79 Å². The van der Waals surface area contributed by atoms with Gasteiger partial charge in [-0.2, -0.15) is 0 Å². The molecule has 0 bridgehead atoms. The molecular weight excluding hydrogens is 380 g/mol. The van der Waals surface area contributed by atoms with Crippen LogP contribution in [0.2, 0.25) is 0 Å². The van der Waals surface area contributed by atoms with Crippen molar-refractivity contribution in [3.63, 3.8) is 0 Å². The van der Waals surface area contributed by atoms with Crippen LogP contribution < -0.4 is 20.1 Å². The van der Waals surface area contributed by atoms with Crippen LogP contribution in [0, 0.1) is 0 Å². The molecule has 152 valence electrons. The Balaban J connectivity index is 0.00000280. The number of piperazine rings is 1. The van der Waals surface area contributed by atoms with Crippen molar-refractivity contribution in [2.75, 3.05) is 26.8 Å². The number of methoxy groups -OCH3 is 1. The lowest BCUT2D eigenvalue weighted by atomic mass is 10.0. The van der Waals surface area contributed by atoms with Gasteiger partial charge in [0.1, 0.15) is 24.1 Å². The summed E-state index contributed by atoms with van der Waals surface area (Å²) in [6, 6.07) is 16.8. The van der Waals surface area contributed by atoms with Gasteiger partial charge in [-0.05, 0) is 24.1 Å². The van der Waals surface area contributed by atoms with Crippen molar-refractivity contribution in [2.45, 2.75) is 25.1 Å². The first-order chi connectivity index (χ1) is 13.3. The smallest absolute Gasteiger partial charge is 0.325 e. The van der Waals surface area contributed by atoms with Crippen molar-refractivity contribution in [2.24, 2.45) is 0 Å². The van der Waals surface area contributed by atoms with Gasteiger partial charge in [0.25, 0.3) is 0 Å². The molecule has 2 aromatic carbocycles. The SMILES string of the molecule is COc1cccc(OCC[C@H]2NCCNC2C(=O)OCc2ccccc2)c1.Cl. The molecule has 6 nitrogen and oxygen atoms in total. The highest BCUT2D eigenvalue weighted by Crippen LogP contribution is 2.19. The summed E-state index contributed by atoms with van der Waals surface area (Å²) in [4.78, 5) is 12.5. The van der Waals surface area contributed by atoms with E-state index in [2.05, 4.69) is 10.6 Å². The highest BCUT2D eigenvalue weighted by atomic mass is 35.5. The summed E-state index contributed by atoms with van der Waals surface area (Å²) in [7, 11) is 1.63. The number of carbonyl (C=O) groups excluding carboxylic acids is 1. The molecule has 0 saturated carbocycles. The fourth-order valence-corrected chi connectivity index (χ4v) is 3.07. The molecule has 0 aromatic heterocycles. The van der Waals surface area contributed by atoms with Gasteiger partial charge >= 0.3 is 5.97 Å². The highest BCUT2D eigenvalue weighted by Gasteiger charge is 2.31. The number of hydrogen-bond acceptors (Lipinski definition) is 6. The monoisotopic (exact) mass is 406 g/mol. The zero-order valence-electron chi connectivity index (χ0n) is 15.9. The summed E-state index contributed by atoms with van der Waals surface area (Å²) in [5, 5.41) is 6.65. The highest BCUT2D eigenvalue weighted by molar-refractivity contribution is 5.85. The minimum atomic E-state index is -0.378. The van der Waals surface area contributed by atoms with Gasteiger partial charge in [0.15, 0.2) is 0 Å². The third-order valence-electron chi connectivity index (χ3n) is 4.51. The van der Waals surface area contributed by atoms with Gasteiger partial charge < -0.3 is 24.8 Å². The zero-order chi connectivity index (χ0) is 18.9. The van der Waals surface area contributed by atoms with Crippen molar-refractivity contribution in [1.82, 2.24) is 10.6 Å². The van der Waals surface area contributed by atoms with E-state index in [1.54, 1.807) is 7.11 Å². The summed E-state index contributed by atoms with van der Waals surface area (Å²) in [5.74, 6) is 1.27. The molecule has 28 heavy (non-hydrogen) atoms. The fraction of sp³-hybridized carbons (Fsp3) is 0.381. The summed E-state index contributed by atoms with van der Waals surface area (Å²) in [5.41, 5.74) is 0.979. The molecule has 1 fully saturated rings. The number of carbonyl (C=O) groups is 1. The third kappa shape index (κ3) is 6.41. The molecule has 2 atom stereocenters. The quantitative estimate of drug-likeness (QED) is 0.657. The molecule has 1 heterocycles. The molecule has 0 spiro atoms. The number of nitrogens with one attached hydrogen (secondary N) is 2. The van der Waals surface area contributed by atoms with E-state index >= 15 is 0 Å². The standard InChI is InChI=1S/C21H26N2O4.ClH/c1-25-17-8-5-9-18(14-17)26-13-10-19-20(23-12-11-22-19)21(24)27-15-16-6-3-2-4-7-16;/h2-9,14,19-20,22-23H,10-13,15H2,1H3;1H/t19-,20?;/m1./s1. The Morgan fingerprint density at radius 1 is 1.04 bits per heavy atom. The van der Waals surface area contributed by atoms with Crippen molar-refractivity contribution >= 4 is 18.4 Å². The van der Waals surface area contributed by atoms with Crippen LogP contribution in [0.1, 0.15) is 12.0 Å². The lowest BCUT2D eigenvalue weighted by Gasteiger charge is -2.32. The van der Waals surface area contributed by atoms with Gasteiger partial charge in [-0.3, -0.25) is 4.79 Å². The number of halogens is 1. The minimum absolute atomic E-state index is 0. The normalized spacial score (nSPS) is 18.6. The van der Waals surface area contributed by atoms with Crippen LogP contribution in [0.15, 0.2) is 54.6 Å². The topological polar surface area (TPSA) is 68.8 Å². The Bertz CT molecular complexity index is 729. The second kappa shape index (κ2) is 11.5. The summed E-state index contributed by atoms with van der Waals surface area (Å²) < 4.78 is 16.5. The predicted molar refractivity (Wildman–Crippen MR) is 110 cm³/mol. The van der Waals surface area contributed by atoms with Crippen LogP contribution >= 0.6 is 12.4 Å². The van der Waals surface area contributed by atoms with Gasteiger partial charge in [0.05, 0.1) is 13.7 Å². The van der Waals surface area contributed by atoms with Crippen LogP contribution in [0.3, 0.4) is 0 Å². The van der Waals surface area contributed by atoms with E-state index in [0.717, 1.165) is 30.2 Å². The Labute approximate surface area is 172 Å². The zero-order valence-corrected chi connectivity index (χ0v) is 16.7. The summed E-state index contributed by atoms with van der Waals surface area (Å²) in [6.45, 7) is 2.32. The Hall–Kier alpha value is -2.28. The summed E-state index contributed by atoms with van der Waals surface area (Å²) in [6.07, 6.45) is 0.690. The van der Waals surface area contributed by atoms with E-state index in [1.165, 1.54) is 0 Å². The number of hydrogen-bond donors (Lipinski definition) is 2. The second-order valence-corrected chi connectivity index (χ2v) is 6.40. The molecule has 0 aliphatic carbocycles. The molecule has 1 aliphatic heterocycles. The minimum Gasteiger partial charge on any atom is -0.497 e. The Morgan fingerprint density at radius 2 is 1.79 bits per heavy atom. The van der Waals surface area contributed by atoms with E-state index in [1.807, 2.05) is 54.6 Å². The van der Waals surface area contributed by atoms with Crippen LogP contribution in [-0.4, -0.2) is 44.9 Å². The van der Waals surface area contributed by atoms with Crippen LogP contribution in [-0.2, 0) is 16.1 Å². The molecule has 1 saturated heterocycles. The second-order valence-electron chi connectivity index (χ2n) is 6.40. The fourth-order valence-electron chi connectivity index (χ4n) is 3.07. The molecule has 0 radical (unpaired) electrons. The van der Waals surface area contributed by atoms with Crippen LogP contribution in [0.25, 0.3) is 0 Å². The van der Waals surface area contributed by atoms with Crippen LogP contribution in [0.4, 0.5) is 0 Å². The maximum absolute atomic E-state index is 12.5. The number of ether oxygens (including phenoxy) is 3. The first-order valence-corrected chi connectivity index (χ1v) is 9.20. The Morgan fingerprint density at radius 3 is 2.57 bits per heavy atom. The number of esters is 1. The third-order valence-corrected chi connectivity index (χ3v) is 4.51. The van der Waals surface area contributed by atoms with E-state index in [-0.39, 0.29) is 37.1 Å². The molecule has 1 unspecified atom stereocenters. The lowest BCUT2D eigenvalue weighted by molar-refractivity contribution is -0.149. The first kappa shape index (κ1) is 22.0.